The normalized spacial score (nSPS) is 10.2. The van der Waals surface area contributed by atoms with Crippen molar-refractivity contribution in [1.29, 1.82) is 0 Å². The van der Waals surface area contributed by atoms with Gasteiger partial charge in [0.05, 0.1) is 7.11 Å². The minimum absolute atomic E-state index is 0.113. The molecule has 0 unspecified atom stereocenters. The Bertz CT molecular complexity index is 517. The Balaban J connectivity index is 2.23. The van der Waals surface area contributed by atoms with Gasteiger partial charge in [-0.3, -0.25) is 9.63 Å². The van der Waals surface area contributed by atoms with Crippen LogP contribution in [-0.4, -0.2) is 18.2 Å². The Hall–Kier alpha value is -2.14. The van der Waals surface area contributed by atoms with Crippen molar-refractivity contribution in [3.8, 4) is 11.3 Å². The van der Waals surface area contributed by atoms with Crippen LogP contribution in [0.25, 0.3) is 11.3 Å². The number of amides is 1. The molecule has 0 saturated carbocycles. The van der Waals surface area contributed by atoms with Gasteiger partial charge in [-0.05, 0) is 6.92 Å². The Morgan fingerprint density at radius 1 is 1.35 bits per heavy atom. The van der Waals surface area contributed by atoms with Gasteiger partial charge in [-0.2, -0.15) is 0 Å². The lowest BCUT2D eigenvalue weighted by Crippen LogP contribution is -2.21. The number of carbonyl (C=O) groups excluding carboxylic acids is 1. The van der Waals surface area contributed by atoms with Crippen LogP contribution in [0.3, 0.4) is 0 Å². The monoisotopic (exact) mass is 232 g/mol. The van der Waals surface area contributed by atoms with Gasteiger partial charge >= 0.3 is 5.91 Å². The number of nitrogens with zero attached hydrogens (tertiary/aromatic N) is 1. The van der Waals surface area contributed by atoms with E-state index in [1.165, 1.54) is 7.11 Å². The first-order valence-electron chi connectivity index (χ1n) is 5.08. The van der Waals surface area contributed by atoms with Gasteiger partial charge in [0.15, 0.2) is 0 Å². The van der Waals surface area contributed by atoms with E-state index in [2.05, 4.69) is 15.5 Å². The molecule has 0 atom stereocenters. The largest absolute Gasteiger partial charge is 0.350 e. The maximum atomic E-state index is 11.4. The molecule has 0 fully saturated rings. The number of hydrogen-bond donors (Lipinski definition) is 1. The summed E-state index contributed by atoms with van der Waals surface area (Å²) in [5.41, 5.74) is 4.84. The first kappa shape index (κ1) is 11.3. The molecule has 0 aliphatic rings. The third kappa shape index (κ3) is 2.51. The minimum atomic E-state index is -0.460. The summed E-state index contributed by atoms with van der Waals surface area (Å²) in [6.45, 7) is 2.00. The van der Waals surface area contributed by atoms with Crippen molar-refractivity contribution in [2.45, 2.75) is 6.92 Å². The molecule has 0 saturated heterocycles. The Kier molecular flexibility index (Phi) is 3.20. The molecule has 1 amide bonds. The highest BCUT2D eigenvalue weighted by Crippen LogP contribution is 2.19. The van der Waals surface area contributed by atoms with Crippen molar-refractivity contribution < 1.29 is 14.2 Å². The maximum Gasteiger partial charge on any atom is 0.313 e. The van der Waals surface area contributed by atoms with Crippen LogP contribution < -0.4 is 5.48 Å². The molecular formula is C12H12N2O3. The third-order valence-electron chi connectivity index (χ3n) is 2.28. The van der Waals surface area contributed by atoms with E-state index < -0.39 is 5.91 Å². The van der Waals surface area contributed by atoms with Crippen LogP contribution >= 0.6 is 0 Å². The first-order chi connectivity index (χ1) is 8.20. The summed E-state index contributed by atoms with van der Waals surface area (Å²) in [6.07, 6.45) is 0. The standard InChI is InChI=1S/C12H12N2O3/c1-8-3-5-9(6-4-8)10-7-11(17-13-10)12(15)14-16-2/h3-7H,1-2H3,(H,14,15). The second-order valence-corrected chi connectivity index (χ2v) is 3.58. The Morgan fingerprint density at radius 2 is 2.06 bits per heavy atom. The summed E-state index contributed by atoms with van der Waals surface area (Å²) in [6, 6.07) is 9.35. The highest BCUT2D eigenvalue weighted by Gasteiger charge is 2.13. The summed E-state index contributed by atoms with van der Waals surface area (Å²) < 4.78 is 4.92. The van der Waals surface area contributed by atoms with Crippen LogP contribution in [0.15, 0.2) is 34.9 Å². The molecule has 0 bridgehead atoms. The van der Waals surface area contributed by atoms with Crippen LogP contribution in [0.2, 0.25) is 0 Å². The number of aromatic nitrogens is 1. The second kappa shape index (κ2) is 4.80. The van der Waals surface area contributed by atoms with E-state index >= 15 is 0 Å². The van der Waals surface area contributed by atoms with Crippen molar-refractivity contribution in [2.24, 2.45) is 0 Å². The molecule has 5 heteroatoms. The summed E-state index contributed by atoms with van der Waals surface area (Å²) in [5.74, 6) is -0.346. The van der Waals surface area contributed by atoms with Crippen molar-refractivity contribution in [3.05, 3.63) is 41.7 Å². The lowest BCUT2D eigenvalue weighted by molar-refractivity contribution is 0.0502. The Morgan fingerprint density at radius 3 is 2.71 bits per heavy atom. The summed E-state index contributed by atoms with van der Waals surface area (Å²) in [4.78, 5) is 15.9. The van der Waals surface area contributed by atoms with Crippen molar-refractivity contribution in [1.82, 2.24) is 10.6 Å². The molecule has 1 N–H and O–H groups in total. The minimum Gasteiger partial charge on any atom is -0.350 e. The van der Waals surface area contributed by atoms with Gasteiger partial charge in [0.1, 0.15) is 5.69 Å². The van der Waals surface area contributed by atoms with Crippen molar-refractivity contribution >= 4 is 5.91 Å². The van der Waals surface area contributed by atoms with Gasteiger partial charge < -0.3 is 4.52 Å². The Labute approximate surface area is 98.3 Å². The number of rotatable bonds is 3. The van der Waals surface area contributed by atoms with E-state index in [0.29, 0.717) is 5.69 Å². The second-order valence-electron chi connectivity index (χ2n) is 3.58. The van der Waals surface area contributed by atoms with Gasteiger partial charge in [0.2, 0.25) is 5.76 Å². The average Bonchev–Trinajstić information content (AvgIpc) is 2.80. The quantitative estimate of drug-likeness (QED) is 0.821. The third-order valence-corrected chi connectivity index (χ3v) is 2.28. The fraction of sp³-hybridized carbons (Fsp3) is 0.167. The summed E-state index contributed by atoms with van der Waals surface area (Å²) >= 11 is 0. The maximum absolute atomic E-state index is 11.4. The molecule has 1 heterocycles. The van der Waals surface area contributed by atoms with Crippen molar-refractivity contribution in [3.63, 3.8) is 0 Å². The van der Waals surface area contributed by atoms with Gasteiger partial charge in [0.25, 0.3) is 0 Å². The molecule has 1 aromatic heterocycles. The average molecular weight is 232 g/mol. The predicted molar refractivity (Wildman–Crippen MR) is 61.2 cm³/mol. The summed E-state index contributed by atoms with van der Waals surface area (Å²) in [5, 5.41) is 3.83. The van der Waals surface area contributed by atoms with Gasteiger partial charge in [-0.25, -0.2) is 5.48 Å². The molecule has 5 nitrogen and oxygen atoms in total. The number of carbonyl (C=O) groups is 1. The molecule has 17 heavy (non-hydrogen) atoms. The fourth-order valence-electron chi connectivity index (χ4n) is 1.39. The van der Waals surface area contributed by atoms with Crippen LogP contribution in [0.4, 0.5) is 0 Å². The highest BCUT2D eigenvalue weighted by atomic mass is 16.6. The molecule has 88 valence electrons. The molecule has 2 rings (SSSR count). The fourth-order valence-corrected chi connectivity index (χ4v) is 1.39. The lowest BCUT2D eigenvalue weighted by Gasteiger charge is -1.96. The van der Waals surface area contributed by atoms with E-state index in [9.17, 15) is 4.79 Å². The molecule has 0 aliphatic heterocycles. The zero-order valence-corrected chi connectivity index (χ0v) is 9.56. The number of benzene rings is 1. The van der Waals surface area contributed by atoms with E-state index in [4.69, 9.17) is 4.52 Å². The van der Waals surface area contributed by atoms with Gasteiger partial charge in [0, 0.05) is 11.6 Å². The molecule has 0 spiro atoms. The number of nitrogens with one attached hydrogen (secondary N) is 1. The molecule has 0 radical (unpaired) electrons. The smallest absolute Gasteiger partial charge is 0.313 e. The van der Waals surface area contributed by atoms with E-state index in [1.54, 1.807) is 6.07 Å². The number of aryl methyl sites for hydroxylation is 1. The zero-order valence-electron chi connectivity index (χ0n) is 9.56. The molecule has 0 aliphatic carbocycles. The summed E-state index contributed by atoms with van der Waals surface area (Å²) in [7, 11) is 1.36. The van der Waals surface area contributed by atoms with Crippen LogP contribution in [0, 0.1) is 6.92 Å². The van der Waals surface area contributed by atoms with E-state index in [-0.39, 0.29) is 5.76 Å². The van der Waals surface area contributed by atoms with Crippen LogP contribution in [0.5, 0.6) is 0 Å². The predicted octanol–water partition coefficient (Wildman–Crippen LogP) is 1.94. The van der Waals surface area contributed by atoms with E-state index in [0.717, 1.165) is 11.1 Å². The molecule has 2 aromatic rings. The van der Waals surface area contributed by atoms with Crippen LogP contribution in [0.1, 0.15) is 16.1 Å². The molecular weight excluding hydrogens is 220 g/mol. The van der Waals surface area contributed by atoms with Crippen molar-refractivity contribution in [2.75, 3.05) is 7.11 Å². The van der Waals surface area contributed by atoms with Crippen LogP contribution in [-0.2, 0) is 4.84 Å². The zero-order chi connectivity index (χ0) is 12.3. The SMILES string of the molecule is CONC(=O)c1cc(-c2ccc(C)cc2)no1. The highest BCUT2D eigenvalue weighted by molar-refractivity contribution is 5.91. The lowest BCUT2D eigenvalue weighted by atomic mass is 10.1. The first-order valence-corrected chi connectivity index (χ1v) is 5.08. The van der Waals surface area contributed by atoms with Gasteiger partial charge in [-0.15, -0.1) is 0 Å². The number of hydroxylamine groups is 1. The molecule has 1 aromatic carbocycles. The van der Waals surface area contributed by atoms with E-state index in [1.807, 2.05) is 31.2 Å². The topological polar surface area (TPSA) is 64.4 Å². The van der Waals surface area contributed by atoms with Gasteiger partial charge in [-0.1, -0.05) is 35.0 Å². The number of hydrogen-bond acceptors (Lipinski definition) is 4.